The molecule has 1 aromatic rings. The summed E-state index contributed by atoms with van der Waals surface area (Å²) in [7, 11) is 0. The Morgan fingerprint density at radius 3 is 2.35 bits per heavy atom. The number of hydrogen-bond acceptors (Lipinski definition) is 2. The molecule has 0 saturated heterocycles. The summed E-state index contributed by atoms with van der Waals surface area (Å²) in [5.41, 5.74) is 0.985. The monoisotopic (exact) mass is 250 g/mol. The minimum Gasteiger partial charge on any atom is -0.458 e. The quantitative estimate of drug-likeness (QED) is 0.460. The van der Waals surface area contributed by atoms with E-state index < -0.39 is 5.97 Å². The third kappa shape index (κ3) is 7.14. The van der Waals surface area contributed by atoms with Gasteiger partial charge in [-0.2, -0.15) is 0 Å². The molecule has 0 aliphatic heterocycles. The van der Waals surface area contributed by atoms with E-state index in [0.29, 0.717) is 0 Å². The molecule has 2 nitrogen and oxygen atoms in total. The molecule has 0 aromatic heterocycles. The minimum absolute atomic E-state index is 0.255. The fraction of sp³-hybridized carbons (Fsp3) is 0.0714. The number of halogens is 1. The van der Waals surface area contributed by atoms with Gasteiger partial charge in [0.1, 0.15) is 6.61 Å². The van der Waals surface area contributed by atoms with Crippen LogP contribution in [0, 0.1) is 0 Å². The van der Waals surface area contributed by atoms with E-state index >= 15 is 0 Å². The maximum atomic E-state index is 10.2. The van der Waals surface area contributed by atoms with Gasteiger partial charge in [0, 0.05) is 11.1 Å². The van der Waals surface area contributed by atoms with Gasteiger partial charge in [-0.3, -0.25) is 0 Å². The van der Waals surface area contributed by atoms with Gasteiger partial charge in [0.05, 0.1) is 0 Å². The molecule has 0 fully saturated rings. The van der Waals surface area contributed by atoms with Gasteiger partial charge in [-0.25, -0.2) is 4.79 Å². The highest BCUT2D eigenvalue weighted by atomic mass is 35.5. The summed E-state index contributed by atoms with van der Waals surface area (Å²) in [6.45, 7) is 10.4. The van der Waals surface area contributed by atoms with Crippen molar-refractivity contribution in [3.8, 4) is 0 Å². The second-order valence-corrected chi connectivity index (χ2v) is 3.26. The van der Waals surface area contributed by atoms with Crippen molar-refractivity contribution in [1.82, 2.24) is 0 Å². The molecule has 0 saturated carbocycles. The van der Waals surface area contributed by atoms with Crippen LogP contribution in [0.4, 0.5) is 0 Å². The Labute approximate surface area is 107 Å². The zero-order chi connectivity index (χ0) is 13.1. The lowest BCUT2D eigenvalue weighted by Crippen LogP contribution is -1.98. The van der Waals surface area contributed by atoms with Crippen LogP contribution in [0.1, 0.15) is 5.56 Å². The lowest BCUT2D eigenvalue weighted by molar-refractivity contribution is -0.136. The molecule has 1 aromatic carbocycles. The number of esters is 1. The Bertz CT molecular complexity index is 397. The van der Waals surface area contributed by atoms with E-state index in [4.69, 9.17) is 11.6 Å². The molecule has 3 heteroatoms. The van der Waals surface area contributed by atoms with E-state index in [1.807, 2.05) is 24.3 Å². The fourth-order valence-corrected chi connectivity index (χ4v) is 1.05. The van der Waals surface area contributed by atoms with Crippen LogP contribution >= 0.6 is 11.6 Å². The maximum Gasteiger partial charge on any atom is 0.330 e. The number of rotatable bonds is 4. The van der Waals surface area contributed by atoms with Crippen molar-refractivity contribution in [1.29, 1.82) is 0 Å². The molecule has 0 unspecified atom stereocenters. The topological polar surface area (TPSA) is 26.3 Å². The normalized spacial score (nSPS) is 8.29. The Balaban J connectivity index is 0.000000304. The molecule has 90 valence electrons. The van der Waals surface area contributed by atoms with Crippen LogP contribution in [-0.2, 0) is 9.53 Å². The van der Waals surface area contributed by atoms with Crippen LogP contribution in [-0.4, -0.2) is 12.6 Å². The zero-order valence-electron chi connectivity index (χ0n) is 9.56. The third-order valence-corrected chi connectivity index (χ3v) is 1.98. The predicted molar refractivity (Wildman–Crippen MR) is 72.9 cm³/mol. The molecule has 0 aliphatic carbocycles. The summed E-state index contributed by atoms with van der Waals surface area (Å²) in [5.74, 6) is -0.412. The summed E-state index contributed by atoms with van der Waals surface area (Å²) >= 11 is 5.75. The molecule has 0 bridgehead atoms. The van der Waals surface area contributed by atoms with E-state index in [2.05, 4.69) is 24.5 Å². The van der Waals surface area contributed by atoms with Crippen molar-refractivity contribution in [2.75, 3.05) is 6.61 Å². The molecule has 0 spiro atoms. The molecule has 0 heterocycles. The largest absolute Gasteiger partial charge is 0.458 e. The number of hydrogen-bond donors (Lipinski definition) is 0. The molecular formula is C14H15ClO2. The van der Waals surface area contributed by atoms with Crippen molar-refractivity contribution in [2.24, 2.45) is 0 Å². The first-order valence-electron chi connectivity index (χ1n) is 4.92. The molecule has 1 rings (SSSR count). The minimum atomic E-state index is -0.412. The van der Waals surface area contributed by atoms with Crippen molar-refractivity contribution >= 4 is 23.6 Å². The predicted octanol–water partition coefficient (Wildman–Crippen LogP) is 3.88. The molecule has 0 N–H and O–H groups in total. The first kappa shape index (κ1) is 15.2. The van der Waals surface area contributed by atoms with Gasteiger partial charge in [0.15, 0.2) is 0 Å². The highest BCUT2D eigenvalue weighted by molar-refractivity contribution is 6.32. The average Bonchev–Trinajstić information content (AvgIpc) is 2.37. The standard InChI is InChI=1S/C8H7Cl.C6H8O2/c1-2-7-5-3-4-6-8(7)9;1-3-5-8-6(7)4-2/h2-6H,1H2;3-4H,1-2,5H2. The van der Waals surface area contributed by atoms with E-state index in [1.165, 1.54) is 6.08 Å². The lowest BCUT2D eigenvalue weighted by Gasteiger charge is -1.92. The van der Waals surface area contributed by atoms with E-state index in [-0.39, 0.29) is 6.61 Å². The summed E-state index contributed by atoms with van der Waals surface area (Å²) in [4.78, 5) is 10.2. The van der Waals surface area contributed by atoms with E-state index in [0.717, 1.165) is 16.7 Å². The molecular weight excluding hydrogens is 236 g/mol. The Hall–Kier alpha value is -1.80. The second-order valence-electron chi connectivity index (χ2n) is 2.85. The van der Waals surface area contributed by atoms with Crippen molar-refractivity contribution in [3.05, 3.63) is 66.7 Å². The number of ether oxygens (including phenoxy) is 1. The summed E-state index contributed by atoms with van der Waals surface area (Å²) < 4.78 is 4.47. The maximum absolute atomic E-state index is 10.2. The van der Waals surface area contributed by atoms with Crippen molar-refractivity contribution < 1.29 is 9.53 Å². The Kier molecular flexibility index (Phi) is 8.43. The van der Waals surface area contributed by atoms with Crippen LogP contribution < -0.4 is 0 Å². The number of carbonyl (C=O) groups is 1. The van der Waals surface area contributed by atoms with Gasteiger partial charge in [-0.05, 0) is 11.6 Å². The van der Waals surface area contributed by atoms with Crippen LogP contribution in [0.25, 0.3) is 6.08 Å². The van der Waals surface area contributed by atoms with Crippen LogP contribution in [0.3, 0.4) is 0 Å². The van der Waals surface area contributed by atoms with E-state index in [1.54, 1.807) is 6.08 Å². The highest BCUT2D eigenvalue weighted by Crippen LogP contribution is 2.14. The zero-order valence-corrected chi connectivity index (χ0v) is 10.3. The smallest absolute Gasteiger partial charge is 0.330 e. The molecule has 0 amide bonds. The molecule has 0 aliphatic rings. The first-order chi connectivity index (χ1) is 8.15. The number of benzene rings is 1. The van der Waals surface area contributed by atoms with Gasteiger partial charge in [0.25, 0.3) is 0 Å². The summed E-state index contributed by atoms with van der Waals surface area (Å²) in [6, 6.07) is 7.60. The van der Waals surface area contributed by atoms with Crippen LogP contribution in [0.5, 0.6) is 0 Å². The van der Waals surface area contributed by atoms with Gasteiger partial charge >= 0.3 is 5.97 Å². The first-order valence-corrected chi connectivity index (χ1v) is 5.30. The van der Waals surface area contributed by atoms with Crippen molar-refractivity contribution in [2.45, 2.75) is 0 Å². The van der Waals surface area contributed by atoms with Crippen LogP contribution in [0.2, 0.25) is 5.02 Å². The molecule has 17 heavy (non-hydrogen) atoms. The third-order valence-electron chi connectivity index (χ3n) is 1.64. The van der Waals surface area contributed by atoms with E-state index in [9.17, 15) is 4.79 Å². The Morgan fingerprint density at radius 1 is 1.29 bits per heavy atom. The van der Waals surface area contributed by atoms with Gasteiger partial charge in [-0.15, -0.1) is 0 Å². The lowest BCUT2D eigenvalue weighted by atomic mass is 10.2. The summed E-state index contributed by atoms with van der Waals surface area (Å²) in [5, 5.41) is 0.757. The molecule has 0 radical (unpaired) electrons. The fourth-order valence-electron chi connectivity index (χ4n) is 0.841. The average molecular weight is 251 g/mol. The van der Waals surface area contributed by atoms with Gasteiger partial charge in [-0.1, -0.05) is 61.7 Å². The second kappa shape index (κ2) is 9.43. The highest BCUT2D eigenvalue weighted by Gasteiger charge is 1.89. The molecule has 0 atom stereocenters. The number of carbonyl (C=O) groups excluding carboxylic acids is 1. The SMILES string of the molecule is C=CCOC(=O)C=C.C=Cc1ccccc1Cl. The van der Waals surface area contributed by atoms with Crippen LogP contribution in [0.15, 0.2) is 56.2 Å². The van der Waals surface area contributed by atoms with Gasteiger partial charge in [0.2, 0.25) is 0 Å². The Morgan fingerprint density at radius 2 is 1.94 bits per heavy atom. The summed E-state index contributed by atoms with van der Waals surface area (Å²) in [6.07, 6.45) is 4.35. The van der Waals surface area contributed by atoms with Gasteiger partial charge < -0.3 is 4.74 Å². The van der Waals surface area contributed by atoms with Crippen molar-refractivity contribution in [3.63, 3.8) is 0 Å².